The molecule has 2 aromatic heterocycles. The maximum absolute atomic E-state index is 13.1. The van der Waals surface area contributed by atoms with Gasteiger partial charge in [0.2, 0.25) is 0 Å². The molecule has 1 saturated heterocycles. The lowest BCUT2D eigenvalue weighted by Gasteiger charge is -2.29. The van der Waals surface area contributed by atoms with Crippen molar-refractivity contribution >= 4 is 38.9 Å². The lowest BCUT2D eigenvalue weighted by molar-refractivity contribution is -0.157. The topological polar surface area (TPSA) is 109 Å². The Morgan fingerprint density at radius 1 is 1.11 bits per heavy atom. The van der Waals surface area contributed by atoms with Gasteiger partial charge < -0.3 is 9.15 Å². The van der Waals surface area contributed by atoms with E-state index in [1.807, 2.05) is 31.2 Å². The number of benzene rings is 1. The molecular weight excluding hydrogens is 514 g/mol. The number of rotatable bonds is 7. The zero-order chi connectivity index (χ0) is 26.0. The second-order valence-corrected chi connectivity index (χ2v) is 12.2. The smallest absolute Gasteiger partial charge is 0.309 e. The summed E-state index contributed by atoms with van der Waals surface area (Å²) in [5.74, 6) is -0.814. The van der Waals surface area contributed by atoms with Crippen molar-refractivity contribution in [2.24, 2.45) is 11.0 Å². The molecule has 194 valence electrons. The third-order valence-corrected chi connectivity index (χ3v) is 9.91. The number of piperidine rings is 1. The first kappa shape index (κ1) is 25.4. The summed E-state index contributed by atoms with van der Waals surface area (Å²) in [6.45, 7) is 2.01. The average molecular weight is 542 g/mol. The van der Waals surface area contributed by atoms with Crippen molar-refractivity contribution in [2.75, 3.05) is 19.7 Å². The molecule has 0 bridgehead atoms. The molecule has 11 heteroatoms. The molecule has 1 aromatic carbocycles. The molecule has 0 spiro atoms. The van der Waals surface area contributed by atoms with E-state index in [0.717, 1.165) is 16.8 Å². The molecular formula is C26H27N3O6S2. The second-order valence-electron chi connectivity index (χ2n) is 9.10. The first-order valence-corrected chi connectivity index (χ1v) is 14.3. The minimum absolute atomic E-state index is 0.227. The van der Waals surface area contributed by atoms with Crippen LogP contribution in [-0.2, 0) is 24.3 Å². The average Bonchev–Trinajstić information content (AvgIpc) is 3.69. The van der Waals surface area contributed by atoms with E-state index in [-0.39, 0.29) is 13.1 Å². The summed E-state index contributed by atoms with van der Waals surface area (Å²) in [5, 5.41) is 7.61. The lowest BCUT2D eigenvalue weighted by Crippen LogP contribution is -2.41. The van der Waals surface area contributed by atoms with Gasteiger partial charge in [-0.3, -0.25) is 9.59 Å². The van der Waals surface area contributed by atoms with Crippen LogP contribution in [-0.4, -0.2) is 55.0 Å². The van der Waals surface area contributed by atoms with Gasteiger partial charge >= 0.3 is 5.97 Å². The van der Waals surface area contributed by atoms with Crippen LogP contribution < -0.4 is 0 Å². The second kappa shape index (κ2) is 10.6. The molecule has 9 nitrogen and oxygen atoms in total. The summed E-state index contributed by atoms with van der Waals surface area (Å²) in [4.78, 5) is 25.8. The number of nitrogens with zero attached hydrogens (tertiary/aromatic N) is 3. The summed E-state index contributed by atoms with van der Waals surface area (Å²) >= 11 is 1.17. The number of furan rings is 1. The van der Waals surface area contributed by atoms with Gasteiger partial charge in [0.1, 0.15) is 16.0 Å². The van der Waals surface area contributed by atoms with E-state index in [9.17, 15) is 18.0 Å². The molecule has 1 fully saturated rings. The number of hydrogen-bond donors (Lipinski definition) is 0. The van der Waals surface area contributed by atoms with Gasteiger partial charge in [-0.1, -0.05) is 35.9 Å². The highest BCUT2D eigenvalue weighted by atomic mass is 32.2. The summed E-state index contributed by atoms with van der Waals surface area (Å²) in [6, 6.07) is 14.3. The summed E-state index contributed by atoms with van der Waals surface area (Å²) in [7, 11) is -3.55. The van der Waals surface area contributed by atoms with Crippen LogP contribution in [0.5, 0.6) is 0 Å². The van der Waals surface area contributed by atoms with Crippen LogP contribution in [0, 0.1) is 12.8 Å². The third-order valence-electron chi connectivity index (χ3n) is 6.64. The molecule has 37 heavy (non-hydrogen) atoms. The van der Waals surface area contributed by atoms with Crippen molar-refractivity contribution in [3.05, 3.63) is 77.1 Å². The zero-order valence-electron chi connectivity index (χ0n) is 20.3. The van der Waals surface area contributed by atoms with Gasteiger partial charge in [-0.05, 0) is 48.9 Å². The Morgan fingerprint density at radius 3 is 2.51 bits per heavy atom. The number of sulfonamides is 1. The van der Waals surface area contributed by atoms with Crippen LogP contribution in [0.1, 0.15) is 42.2 Å². The third kappa shape index (κ3) is 5.39. The maximum atomic E-state index is 13.1. The summed E-state index contributed by atoms with van der Waals surface area (Å²) in [5.41, 5.74) is 2.79. The van der Waals surface area contributed by atoms with E-state index in [2.05, 4.69) is 5.10 Å². The van der Waals surface area contributed by atoms with Crippen molar-refractivity contribution in [3.8, 4) is 0 Å². The predicted molar refractivity (Wildman–Crippen MR) is 137 cm³/mol. The Labute approximate surface area is 219 Å². The Balaban J connectivity index is 1.20. The summed E-state index contributed by atoms with van der Waals surface area (Å²) in [6.07, 6.45) is 2.71. The van der Waals surface area contributed by atoms with Crippen LogP contribution in [0.25, 0.3) is 0 Å². The minimum atomic E-state index is -3.55. The highest BCUT2D eigenvalue weighted by Crippen LogP contribution is 2.33. The zero-order valence-corrected chi connectivity index (χ0v) is 21.9. The number of ether oxygens (including phenoxy) is 1. The van der Waals surface area contributed by atoms with E-state index >= 15 is 0 Å². The fraction of sp³-hybridized carbons (Fsp3) is 0.346. The fourth-order valence-corrected chi connectivity index (χ4v) is 7.16. The van der Waals surface area contributed by atoms with Crippen molar-refractivity contribution < 1.29 is 27.2 Å². The van der Waals surface area contributed by atoms with Crippen LogP contribution >= 0.6 is 11.3 Å². The van der Waals surface area contributed by atoms with Crippen molar-refractivity contribution in [1.82, 2.24) is 9.31 Å². The highest BCUT2D eigenvalue weighted by molar-refractivity contribution is 7.91. The van der Waals surface area contributed by atoms with Gasteiger partial charge in [-0.25, -0.2) is 13.4 Å². The van der Waals surface area contributed by atoms with Gasteiger partial charge in [0.05, 0.1) is 17.9 Å². The standard InChI is InChI=1S/C26H27N3O6S2/c1-18-6-8-19(9-7-18)21-16-22(23-4-2-14-34-23)29(27-21)24(30)17-35-26(31)20-10-12-28(13-11-20)37(32,33)25-5-3-15-36-25/h2-9,14-15,20,22H,10-13,16-17H2,1H3. The predicted octanol–water partition coefficient (Wildman–Crippen LogP) is 3.97. The molecule has 1 amide bonds. The molecule has 5 rings (SSSR count). The highest BCUT2D eigenvalue weighted by Gasteiger charge is 2.37. The number of thiophene rings is 1. The van der Waals surface area contributed by atoms with Crippen molar-refractivity contribution in [1.29, 1.82) is 0 Å². The quantitative estimate of drug-likeness (QED) is 0.419. The molecule has 0 radical (unpaired) electrons. The molecule has 4 heterocycles. The molecule has 2 aliphatic heterocycles. The van der Waals surface area contributed by atoms with Crippen LogP contribution in [0.3, 0.4) is 0 Å². The monoisotopic (exact) mass is 541 g/mol. The van der Waals surface area contributed by atoms with E-state index in [4.69, 9.17) is 9.15 Å². The van der Waals surface area contributed by atoms with Gasteiger partial charge in [0.25, 0.3) is 15.9 Å². The van der Waals surface area contributed by atoms with Gasteiger partial charge in [0, 0.05) is 19.5 Å². The van der Waals surface area contributed by atoms with Crippen LogP contribution in [0.4, 0.5) is 0 Å². The maximum Gasteiger partial charge on any atom is 0.309 e. The van der Waals surface area contributed by atoms with E-state index in [1.165, 1.54) is 20.7 Å². The Hall–Kier alpha value is -3.28. The Bertz CT molecular complexity index is 1370. The van der Waals surface area contributed by atoms with Crippen LogP contribution in [0.2, 0.25) is 0 Å². The number of esters is 1. The molecule has 0 saturated carbocycles. The normalized spacial score (nSPS) is 19.1. The first-order chi connectivity index (χ1) is 17.8. The minimum Gasteiger partial charge on any atom is -0.467 e. The van der Waals surface area contributed by atoms with Gasteiger partial charge in [0.15, 0.2) is 6.61 Å². The Morgan fingerprint density at radius 2 is 1.86 bits per heavy atom. The molecule has 3 aromatic rings. The van der Waals surface area contributed by atoms with Crippen LogP contribution in [0.15, 0.2) is 73.9 Å². The number of hydrogen-bond acceptors (Lipinski definition) is 8. The van der Waals surface area contributed by atoms with Gasteiger partial charge in [-0.15, -0.1) is 11.3 Å². The van der Waals surface area contributed by atoms with Crippen molar-refractivity contribution in [2.45, 2.75) is 36.4 Å². The molecule has 2 aliphatic rings. The number of aryl methyl sites for hydroxylation is 1. The number of carbonyl (C=O) groups excluding carboxylic acids is 2. The summed E-state index contributed by atoms with van der Waals surface area (Å²) < 4.78 is 38.0. The molecule has 1 unspecified atom stereocenters. The Kier molecular flexibility index (Phi) is 7.27. The number of amides is 1. The molecule has 1 atom stereocenters. The lowest BCUT2D eigenvalue weighted by atomic mass is 9.98. The van der Waals surface area contributed by atoms with E-state index in [0.29, 0.717) is 29.2 Å². The first-order valence-electron chi connectivity index (χ1n) is 12.0. The van der Waals surface area contributed by atoms with E-state index in [1.54, 1.807) is 35.9 Å². The fourth-order valence-electron chi connectivity index (χ4n) is 4.55. The number of carbonyl (C=O) groups is 2. The largest absolute Gasteiger partial charge is 0.467 e. The molecule has 0 N–H and O–H groups in total. The number of hydrazone groups is 1. The van der Waals surface area contributed by atoms with Crippen molar-refractivity contribution in [3.63, 3.8) is 0 Å². The SMILES string of the molecule is Cc1ccc(C2=NN(C(=O)COC(=O)C3CCN(S(=O)(=O)c4cccs4)CC3)C(c3ccco3)C2)cc1. The van der Waals surface area contributed by atoms with Gasteiger partial charge in [-0.2, -0.15) is 9.41 Å². The molecule has 0 aliphatic carbocycles. The van der Waals surface area contributed by atoms with E-state index < -0.39 is 40.5 Å².